The Balaban J connectivity index is 2.04. The maximum absolute atomic E-state index is 13.3. The lowest BCUT2D eigenvalue weighted by Gasteiger charge is -2.22. The summed E-state index contributed by atoms with van der Waals surface area (Å²) < 4.78 is 2.74. The van der Waals surface area contributed by atoms with Crippen molar-refractivity contribution in [3.05, 3.63) is 66.5 Å². The first-order valence-electron chi connectivity index (χ1n) is 9.54. The molecule has 0 aliphatic heterocycles. The number of nitrogens with zero attached hydrogens (tertiary/aromatic N) is 4. The average molecular weight is 617 g/mol. The number of aromatic nitrogens is 3. The van der Waals surface area contributed by atoms with Crippen LogP contribution in [0.1, 0.15) is 40.3 Å². The van der Waals surface area contributed by atoms with Gasteiger partial charge in [-0.2, -0.15) is 5.10 Å². The topological polar surface area (TPSA) is 80.1 Å². The Kier molecular flexibility index (Phi) is 7.71. The fourth-order valence-electron chi connectivity index (χ4n) is 3.15. The molecule has 1 aromatic carbocycles. The first-order valence-corrected chi connectivity index (χ1v) is 11.8. The maximum atomic E-state index is 13.3. The molecule has 3 aromatic rings. The van der Waals surface area contributed by atoms with E-state index in [0.717, 1.165) is 9.13 Å². The monoisotopic (exact) mass is 615 g/mol. The minimum Gasteiger partial charge on any atom is -0.339 e. The van der Waals surface area contributed by atoms with E-state index < -0.39 is 5.91 Å². The summed E-state index contributed by atoms with van der Waals surface area (Å²) in [6.45, 7) is 6.86. The Morgan fingerprint density at radius 2 is 1.97 bits per heavy atom. The lowest BCUT2D eigenvalue weighted by molar-refractivity contribution is 0.0774. The number of rotatable bonds is 6. The number of anilines is 1. The van der Waals surface area contributed by atoms with Gasteiger partial charge < -0.3 is 10.2 Å². The van der Waals surface area contributed by atoms with Gasteiger partial charge in [0.1, 0.15) is 10.3 Å². The van der Waals surface area contributed by atoms with Gasteiger partial charge >= 0.3 is 0 Å². The van der Waals surface area contributed by atoms with E-state index in [1.165, 1.54) is 4.68 Å². The molecule has 0 fully saturated rings. The van der Waals surface area contributed by atoms with Crippen LogP contribution in [0.15, 0.2) is 41.1 Å². The van der Waals surface area contributed by atoms with Crippen molar-refractivity contribution in [3.63, 3.8) is 0 Å². The van der Waals surface area contributed by atoms with Crippen molar-refractivity contribution < 1.29 is 9.59 Å². The van der Waals surface area contributed by atoms with Gasteiger partial charge in [0.2, 0.25) is 0 Å². The van der Waals surface area contributed by atoms with Crippen LogP contribution in [0.25, 0.3) is 5.82 Å². The highest BCUT2D eigenvalue weighted by Crippen LogP contribution is 2.27. The van der Waals surface area contributed by atoms with Crippen molar-refractivity contribution in [2.75, 3.05) is 18.4 Å². The molecule has 2 heterocycles. The molecule has 3 rings (SSSR count). The van der Waals surface area contributed by atoms with Gasteiger partial charge in [-0.1, -0.05) is 11.6 Å². The summed E-state index contributed by atoms with van der Waals surface area (Å²) in [5, 5.41) is 7.57. The Labute approximate surface area is 207 Å². The van der Waals surface area contributed by atoms with E-state index in [9.17, 15) is 9.59 Å². The van der Waals surface area contributed by atoms with Crippen LogP contribution in [0.5, 0.6) is 0 Å². The molecular weight excluding hydrogens is 597 g/mol. The zero-order valence-corrected chi connectivity index (χ0v) is 21.6. The third-order valence-electron chi connectivity index (χ3n) is 4.67. The van der Waals surface area contributed by atoms with Gasteiger partial charge in [0.15, 0.2) is 5.82 Å². The molecule has 0 radical (unpaired) electrons. The number of hydrogen-bond acceptors (Lipinski definition) is 4. The molecule has 0 spiro atoms. The summed E-state index contributed by atoms with van der Waals surface area (Å²) in [6, 6.07) is 8.65. The lowest BCUT2D eigenvalue weighted by atomic mass is 10.1. The Morgan fingerprint density at radius 3 is 2.61 bits per heavy atom. The molecule has 162 valence electrons. The third kappa shape index (κ3) is 5.09. The van der Waals surface area contributed by atoms with Crippen molar-refractivity contribution >= 4 is 67.6 Å². The Bertz CT molecular complexity index is 1150. The number of halogens is 3. The molecule has 10 heteroatoms. The van der Waals surface area contributed by atoms with Gasteiger partial charge in [-0.25, -0.2) is 9.67 Å². The number of carbonyl (C=O) groups excluding carboxylic acids is 2. The first-order chi connectivity index (χ1) is 14.8. The van der Waals surface area contributed by atoms with E-state index in [0.29, 0.717) is 39.8 Å². The number of carbonyl (C=O) groups is 2. The van der Waals surface area contributed by atoms with Crippen LogP contribution < -0.4 is 5.32 Å². The second-order valence-electron chi connectivity index (χ2n) is 6.65. The van der Waals surface area contributed by atoms with Crippen LogP contribution in [0, 0.1) is 10.5 Å². The number of hydrogen-bond donors (Lipinski definition) is 1. The third-order valence-corrected chi connectivity index (χ3v) is 5.98. The molecule has 2 aromatic heterocycles. The zero-order valence-electron chi connectivity index (χ0n) is 17.1. The summed E-state index contributed by atoms with van der Waals surface area (Å²) in [5.74, 6) is -0.235. The van der Waals surface area contributed by atoms with Gasteiger partial charge in [0.25, 0.3) is 11.8 Å². The standard InChI is InChI=1S/C21H20BrClIN5O2/c1-4-28(5-2)21(31)14-10-13(24)9-12(3)18(14)26-20(30)16-11-17(22)27-29(16)19-15(23)7-6-8-25-19/h6-11H,4-5H2,1-3H3,(H,26,30). The predicted molar refractivity (Wildman–Crippen MR) is 133 cm³/mol. The maximum Gasteiger partial charge on any atom is 0.274 e. The lowest BCUT2D eigenvalue weighted by Crippen LogP contribution is -2.32. The minimum absolute atomic E-state index is 0.135. The van der Waals surface area contributed by atoms with Crippen LogP contribution in [0.3, 0.4) is 0 Å². The number of nitrogens with one attached hydrogen (secondary N) is 1. The molecule has 1 N–H and O–H groups in total. The summed E-state index contributed by atoms with van der Waals surface area (Å²) in [4.78, 5) is 32.3. The second-order valence-corrected chi connectivity index (χ2v) is 9.12. The Hall–Kier alpha value is -1.98. The van der Waals surface area contributed by atoms with Crippen molar-refractivity contribution in [2.24, 2.45) is 0 Å². The van der Waals surface area contributed by atoms with E-state index >= 15 is 0 Å². The number of benzene rings is 1. The number of pyridine rings is 1. The summed E-state index contributed by atoms with van der Waals surface area (Å²) >= 11 is 11.7. The van der Waals surface area contributed by atoms with Crippen molar-refractivity contribution in [2.45, 2.75) is 20.8 Å². The van der Waals surface area contributed by atoms with Crippen LogP contribution in [0.4, 0.5) is 5.69 Å². The fourth-order valence-corrected chi connectivity index (χ4v) is 4.50. The second kappa shape index (κ2) is 10.1. The van der Waals surface area contributed by atoms with Crippen LogP contribution >= 0.6 is 50.1 Å². The molecule has 7 nitrogen and oxygen atoms in total. The van der Waals surface area contributed by atoms with Gasteiger partial charge in [-0.05, 0) is 89.1 Å². The van der Waals surface area contributed by atoms with Crippen molar-refractivity contribution in [1.29, 1.82) is 0 Å². The summed E-state index contributed by atoms with van der Waals surface area (Å²) in [5.41, 5.74) is 1.93. The summed E-state index contributed by atoms with van der Waals surface area (Å²) in [7, 11) is 0. The SMILES string of the molecule is CCN(CC)C(=O)c1cc(I)cc(C)c1NC(=O)c1cc(Br)nn1-c1ncccc1Cl. The predicted octanol–water partition coefficient (Wildman–Crippen LogP) is 5.33. The van der Waals surface area contributed by atoms with Gasteiger partial charge in [0, 0.05) is 28.9 Å². The molecule has 0 unspecified atom stereocenters. The molecule has 2 amide bonds. The van der Waals surface area contributed by atoms with Gasteiger partial charge in [-0.3, -0.25) is 9.59 Å². The van der Waals surface area contributed by atoms with E-state index in [2.05, 4.69) is 53.9 Å². The van der Waals surface area contributed by atoms with E-state index in [1.54, 1.807) is 35.4 Å². The fraction of sp³-hybridized carbons (Fsp3) is 0.238. The first kappa shape index (κ1) is 23.7. The zero-order chi connectivity index (χ0) is 22.7. The molecular formula is C21H20BrClIN5O2. The van der Waals surface area contributed by atoms with Crippen molar-refractivity contribution in [3.8, 4) is 5.82 Å². The van der Waals surface area contributed by atoms with Gasteiger partial charge in [-0.15, -0.1) is 0 Å². The molecule has 0 bridgehead atoms. The molecule has 0 aliphatic rings. The molecule has 0 atom stereocenters. The summed E-state index contributed by atoms with van der Waals surface area (Å²) in [6.07, 6.45) is 1.57. The highest BCUT2D eigenvalue weighted by molar-refractivity contribution is 14.1. The van der Waals surface area contributed by atoms with Crippen LogP contribution in [-0.4, -0.2) is 44.6 Å². The molecule has 31 heavy (non-hydrogen) atoms. The Morgan fingerprint density at radius 1 is 1.26 bits per heavy atom. The normalized spacial score (nSPS) is 10.8. The number of aryl methyl sites for hydroxylation is 1. The van der Waals surface area contributed by atoms with Gasteiger partial charge in [0.05, 0.1) is 16.3 Å². The highest BCUT2D eigenvalue weighted by Gasteiger charge is 2.23. The van der Waals surface area contributed by atoms with E-state index in [1.807, 2.05) is 26.8 Å². The molecule has 0 aliphatic carbocycles. The quantitative estimate of drug-likeness (QED) is 0.380. The highest BCUT2D eigenvalue weighted by atomic mass is 127. The number of amides is 2. The van der Waals surface area contributed by atoms with E-state index in [-0.39, 0.29) is 11.6 Å². The van der Waals surface area contributed by atoms with Crippen LogP contribution in [0.2, 0.25) is 5.02 Å². The smallest absolute Gasteiger partial charge is 0.274 e. The van der Waals surface area contributed by atoms with E-state index in [4.69, 9.17) is 11.6 Å². The minimum atomic E-state index is -0.433. The van der Waals surface area contributed by atoms with Crippen LogP contribution in [-0.2, 0) is 0 Å². The largest absolute Gasteiger partial charge is 0.339 e. The molecule has 0 saturated carbocycles. The molecule has 0 saturated heterocycles. The van der Waals surface area contributed by atoms with Crippen molar-refractivity contribution in [1.82, 2.24) is 19.7 Å². The average Bonchev–Trinajstić information content (AvgIpc) is 3.12.